The van der Waals surface area contributed by atoms with Gasteiger partial charge in [-0.2, -0.15) is 0 Å². The Hall–Kier alpha value is -1.91. The van der Waals surface area contributed by atoms with Gasteiger partial charge in [-0.1, -0.05) is 48.8 Å². The van der Waals surface area contributed by atoms with Crippen molar-refractivity contribution in [3.63, 3.8) is 0 Å². The third-order valence-corrected chi connectivity index (χ3v) is 3.96. The molecule has 0 aromatic carbocycles. The Bertz CT molecular complexity index is 513. The van der Waals surface area contributed by atoms with Crippen LogP contribution in [-0.4, -0.2) is 28.1 Å². The first-order valence-corrected chi connectivity index (χ1v) is 7.54. The summed E-state index contributed by atoms with van der Waals surface area (Å²) < 4.78 is 28.1. The van der Waals surface area contributed by atoms with Gasteiger partial charge in [-0.05, 0) is 24.0 Å². The number of carbonyl (C=O) groups excluding carboxylic acids is 1. The lowest BCUT2D eigenvalue weighted by molar-refractivity contribution is -0.115. The molecule has 0 radical (unpaired) electrons. The highest BCUT2D eigenvalue weighted by Gasteiger charge is 2.36. The molecule has 0 saturated heterocycles. The molecule has 0 aliphatic carbocycles. The summed E-state index contributed by atoms with van der Waals surface area (Å²) >= 11 is 0. The zero-order chi connectivity index (χ0) is 16.4. The first kappa shape index (κ1) is 16.5. The molecule has 2 aliphatic rings. The van der Waals surface area contributed by atoms with Crippen molar-refractivity contribution in [3.05, 3.63) is 47.9 Å². The van der Waals surface area contributed by atoms with Crippen molar-refractivity contribution >= 4 is 5.78 Å². The summed E-state index contributed by atoms with van der Waals surface area (Å²) in [6.07, 6.45) is 8.87. The van der Waals surface area contributed by atoms with Gasteiger partial charge in [-0.25, -0.2) is 10.2 Å². The summed E-state index contributed by atoms with van der Waals surface area (Å²) in [6, 6.07) is -1.30. The van der Waals surface area contributed by atoms with E-state index in [2.05, 4.69) is 0 Å². The van der Waals surface area contributed by atoms with Gasteiger partial charge in [-0.15, -0.1) is 0 Å². The SMILES string of the molecule is CC(C)C1C(C(=O)C2=CC=CN(F)C2C(C)C)=CC=CN1F. The third-order valence-electron chi connectivity index (χ3n) is 3.96. The van der Waals surface area contributed by atoms with Gasteiger partial charge in [-0.3, -0.25) is 4.79 Å². The minimum atomic E-state index is -0.648. The van der Waals surface area contributed by atoms with Gasteiger partial charge in [0.1, 0.15) is 0 Å². The predicted octanol–water partition coefficient (Wildman–Crippen LogP) is 3.89. The van der Waals surface area contributed by atoms with E-state index in [9.17, 15) is 13.8 Å². The molecule has 0 bridgehead atoms. The number of hydrogen-bond acceptors (Lipinski definition) is 3. The summed E-state index contributed by atoms with van der Waals surface area (Å²) in [5.74, 6) is -0.455. The molecule has 2 atom stereocenters. The normalized spacial score (nSPS) is 24.9. The Kier molecular flexibility index (Phi) is 4.84. The van der Waals surface area contributed by atoms with Gasteiger partial charge in [0.2, 0.25) is 0 Å². The molecule has 5 heteroatoms. The van der Waals surface area contributed by atoms with Crippen LogP contribution in [0.2, 0.25) is 0 Å². The second-order valence-electron chi connectivity index (χ2n) is 6.32. The molecular formula is C17H22F2N2O. The van der Waals surface area contributed by atoms with E-state index in [1.165, 1.54) is 24.6 Å². The summed E-state index contributed by atoms with van der Waals surface area (Å²) in [7, 11) is 0. The largest absolute Gasteiger partial charge is 0.289 e. The van der Waals surface area contributed by atoms with Crippen LogP contribution in [0.15, 0.2) is 47.9 Å². The molecule has 0 aromatic rings. The van der Waals surface area contributed by atoms with Crippen LogP contribution in [0.5, 0.6) is 0 Å². The second kappa shape index (κ2) is 6.46. The average molecular weight is 308 g/mol. The van der Waals surface area contributed by atoms with Crippen molar-refractivity contribution < 1.29 is 13.8 Å². The van der Waals surface area contributed by atoms with Crippen molar-refractivity contribution in [2.24, 2.45) is 11.8 Å². The van der Waals surface area contributed by atoms with E-state index in [-0.39, 0.29) is 17.6 Å². The monoisotopic (exact) mass is 308 g/mol. The first-order valence-electron chi connectivity index (χ1n) is 7.54. The standard InChI is InChI=1S/C17H22F2N2O/c1-11(2)15-13(7-5-9-20(15)18)17(22)14-8-6-10-21(19)16(14)12(3)4/h5-12,15-16H,1-4H3. The topological polar surface area (TPSA) is 23.6 Å². The Morgan fingerprint density at radius 3 is 1.59 bits per heavy atom. The quantitative estimate of drug-likeness (QED) is 0.736. The number of halogens is 2. The molecule has 2 unspecified atom stereocenters. The second-order valence-corrected chi connectivity index (χ2v) is 6.32. The van der Waals surface area contributed by atoms with E-state index in [0.29, 0.717) is 21.4 Å². The number of carbonyl (C=O) groups is 1. The van der Waals surface area contributed by atoms with Crippen LogP contribution >= 0.6 is 0 Å². The van der Waals surface area contributed by atoms with Crippen LogP contribution in [0.25, 0.3) is 0 Å². The fraction of sp³-hybridized carbons (Fsp3) is 0.471. The smallest absolute Gasteiger partial charge is 0.189 e. The van der Waals surface area contributed by atoms with Crippen LogP contribution < -0.4 is 0 Å². The fourth-order valence-corrected chi connectivity index (χ4v) is 2.98. The van der Waals surface area contributed by atoms with E-state index in [4.69, 9.17) is 0 Å². The van der Waals surface area contributed by atoms with Crippen LogP contribution in [-0.2, 0) is 4.79 Å². The van der Waals surface area contributed by atoms with E-state index in [0.717, 1.165) is 0 Å². The van der Waals surface area contributed by atoms with Crippen LogP contribution in [0.1, 0.15) is 27.7 Å². The molecule has 22 heavy (non-hydrogen) atoms. The molecule has 2 heterocycles. The van der Waals surface area contributed by atoms with E-state index in [1.807, 2.05) is 27.7 Å². The minimum Gasteiger partial charge on any atom is -0.289 e. The maximum absolute atomic E-state index is 14.0. The first-order chi connectivity index (χ1) is 10.3. The highest BCUT2D eigenvalue weighted by molar-refractivity contribution is 6.10. The highest BCUT2D eigenvalue weighted by Crippen LogP contribution is 2.31. The lowest BCUT2D eigenvalue weighted by Gasteiger charge is -2.34. The van der Waals surface area contributed by atoms with Gasteiger partial charge in [0, 0.05) is 23.5 Å². The minimum absolute atomic E-state index is 0.0798. The Labute approximate surface area is 130 Å². The molecule has 2 aliphatic heterocycles. The molecule has 0 amide bonds. The maximum Gasteiger partial charge on any atom is 0.189 e. The van der Waals surface area contributed by atoms with Gasteiger partial charge in [0.05, 0.1) is 12.1 Å². The number of hydrogen-bond donors (Lipinski definition) is 0. The molecule has 0 fully saturated rings. The van der Waals surface area contributed by atoms with Crippen LogP contribution in [0, 0.1) is 11.8 Å². The van der Waals surface area contributed by atoms with Crippen molar-refractivity contribution in [2.45, 2.75) is 39.8 Å². The van der Waals surface area contributed by atoms with Gasteiger partial charge >= 0.3 is 0 Å². The lowest BCUT2D eigenvalue weighted by atomic mass is 9.83. The van der Waals surface area contributed by atoms with Crippen molar-refractivity contribution in [3.8, 4) is 0 Å². The van der Waals surface area contributed by atoms with E-state index < -0.39 is 12.1 Å². The summed E-state index contributed by atoms with van der Waals surface area (Å²) in [6.45, 7) is 7.42. The van der Waals surface area contributed by atoms with Crippen molar-refractivity contribution in [1.29, 1.82) is 0 Å². The third kappa shape index (κ3) is 2.98. The van der Waals surface area contributed by atoms with E-state index in [1.54, 1.807) is 12.2 Å². The molecule has 3 nitrogen and oxygen atoms in total. The van der Waals surface area contributed by atoms with Gasteiger partial charge in [0.25, 0.3) is 0 Å². The summed E-state index contributed by atoms with van der Waals surface area (Å²) in [4.78, 5) is 12.9. The molecular weight excluding hydrogens is 286 g/mol. The number of allylic oxidation sites excluding steroid dienone is 4. The molecule has 0 N–H and O–H groups in total. The van der Waals surface area contributed by atoms with Crippen LogP contribution in [0.4, 0.5) is 8.96 Å². The molecule has 2 rings (SSSR count). The zero-order valence-corrected chi connectivity index (χ0v) is 13.3. The predicted molar refractivity (Wildman–Crippen MR) is 82.6 cm³/mol. The number of nitrogens with zero attached hydrogens (tertiary/aromatic N) is 2. The lowest BCUT2D eigenvalue weighted by Crippen LogP contribution is -2.41. The number of rotatable bonds is 4. The Morgan fingerprint density at radius 2 is 1.27 bits per heavy atom. The molecule has 0 saturated carbocycles. The molecule has 120 valence electrons. The molecule has 0 spiro atoms. The number of Topliss-reactive ketones (excluding diaryl/α,β-unsaturated/α-hetero) is 1. The van der Waals surface area contributed by atoms with Crippen molar-refractivity contribution in [1.82, 2.24) is 10.2 Å². The average Bonchev–Trinajstić information content (AvgIpc) is 2.45. The van der Waals surface area contributed by atoms with E-state index >= 15 is 0 Å². The number of ketones is 1. The molecule has 0 aromatic heterocycles. The van der Waals surface area contributed by atoms with Gasteiger partial charge < -0.3 is 0 Å². The summed E-state index contributed by atoms with van der Waals surface area (Å²) in [5.41, 5.74) is 0.723. The van der Waals surface area contributed by atoms with Crippen LogP contribution in [0.3, 0.4) is 0 Å². The van der Waals surface area contributed by atoms with Gasteiger partial charge in [0.15, 0.2) is 5.78 Å². The fourth-order valence-electron chi connectivity index (χ4n) is 2.98. The van der Waals surface area contributed by atoms with Crippen molar-refractivity contribution in [2.75, 3.05) is 0 Å². The summed E-state index contributed by atoms with van der Waals surface area (Å²) in [5, 5.41) is 1.10. The Balaban J connectivity index is 2.37. The maximum atomic E-state index is 14.0. The Morgan fingerprint density at radius 1 is 0.909 bits per heavy atom. The zero-order valence-electron chi connectivity index (χ0n) is 13.3. The highest BCUT2D eigenvalue weighted by atomic mass is 19.2.